The SMILES string of the molecule is C1COCCN1.[Os]. The number of nitrogens with one attached hydrogen (secondary N) is 1. The molecule has 44 valence electrons. The molecule has 0 aromatic heterocycles. The van der Waals surface area contributed by atoms with E-state index in [-0.39, 0.29) is 19.8 Å². The summed E-state index contributed by atoms with van der Waals surface area (Å²) in [7, 11) is 0. The van der Waals surface area contributed by atoms with Crippen molar-refractivity contribution in [1.29, 1.82) is 0 Å². The van der Waals surface area contributed by atoms with Crippen molar-refractivity contribution in [2.75, 3.05) is 26.3 Å². The fraction of sp³-hybridized carbons (Fsp3) is 1.00. The van der Waals surface area contributed by atoms with Crippen LogP contribution in [0.15, 0.2) is 0 Å². The Labute approximate surface area is 56.7 Å². The summed E-state index contributed by atoms with van der Waals surface area (Å²) in [4.78, 5) is 0. The van der Waals surface area contributed by atoms with Crippen LogP contribution in [0.25, 0.3) is 0 Å². The minimum Gasteiger partial charge on any atom is -0.379 e. The Morgan fingerprint density at radius 2 is 1.71 bits per heavy atom. The van der Waals surface area contributed by atoms with Gasteiger partial charge in [0.05, 0.1) is 13.2 Å². The van der Waals surface area contributed by atoms with E-state index in [9.17, 15) is 0 Å². The van der Waals surface area contributed by atoms with Crippen molar-refractivity contribution < 1.29 is 24.5 Å². The van der Waals surface area contributed by atoms with Gasteiger partial charge >= 0.3 is 0 Å². The molecule has 0 unspecified atom stereocenters. The maximum absolute atomic E-state index is 5.01. The van der Waals surface area contributed by atoms with Gasteiger partial charge in [0.2, 0.25) is 0 Å². The van der Waals surface area contributed by atoms with Gasteiger partial charge in [-0.2, -0.15) is 0 Å². The fourth-order valence-corrected chi connectivity index (χ4v) is 0.516. The summed E-state index contributed by atoms with van der Waals surface area (Å²) in [5.41, 5.74) is 0. The zero-order valence-electron chi connectivity index (χ0n) is 4.09. The predicted octanol–water partition coefficient (Wildman–Crippen LogP) is -0.396. The van der Waals surface area contributed by atoms with Gasteiger partial charge in [-0.15, -0.1) is 0 Å². The molecular formula is C4H9NOOs. The molecule has 0 atom stereocenters. The number of hydrogen-bond acceptors (Lipinski definition) is 2. The molecule has 0 amide bonds. The molecule has 0 radical (unpaired) electrons. The van der Waals surface area contributed by atoms with Crippen LogP contribution in [0.4, 0.5) is 0 Å². The molecule has 1 aliphatic heterocycles. The summed E-state index contributed by atoms with van der Waals surface area (Å²) in [5.74, 6) is 0. The Morgan fingerprint density at radius 1 is 1.14 bits per heavy atom. The predicted molar refractivity (Wildman–Crippen MR) is 23.7 cm³/mol. The zero-order valence-corrected chi connectivity index (χ0v) is 6.63. The first-order valence-corrected chi connectivity index (χ1v) is 2.28. The van der Waals surface area contributed by atoms with Crippen molar-refractivity contribution in [1.82, 2.24) is 5.32 Å². The molecule has 0 aliphatic carbocycles. The van der Waals surface area contributed by atoms with E-state index in [2.05, 4.69) is 5.32 Å². The van der Waals surface area contributed by atoms with E-state index in [4.69, 9.17) is 4.74 Å². The Morgan fingerprint density at radius 3 is 1.86 bits per heavy atom. The Balaban J connectivity index is 0.000000360. The second kappa shape index (κ2) is 4.71. The van der Waals surface area contributed by atoms with Crippen LogP contribution in [0.3, 0.4) is 0 Å². The third kappa shape index (κ3) is 3.17. The quantitative estimate of drug-likeness (QED) is 0.651. The number of rotatable bonds is 0. The summed E-state index contributed by atoms with van der Waals surface area (Å²) in [6.07, 6.45) is 0. The molecular weight excluding hydrogens is 268 g/mol. The first-order valence-electron chi connectivity index (χ1n) is 2.28. The van der Waals surface area contributed by atoms with Gasteiger partial charge in [-0.25, -0.2) is 0 Å². The van der Waals surface area contributed by atoms with Crippen LogP contribution in [0.5, 0.6) is 0 Å². The molecule has 0 saturated carbocycles. The van der Waals surface area contributed by atoms with Gasteiger partial charge in [-0.1, -0.05) is 0 Å². The third-order valence-corrected chi connectivity index (χ3v) is 0.846. The average Bonchev–Trinajstić information content (AvgIpc) is 1.72. The number of hydrogen-bond donors (Lipinski definition) is 1. The summed E-state index contributed by atoms with van der Waals surface area (Å²) >= 11 is 0. The molecule has 1 N–H and O–H groups in total. The zero-order chi connectivity index (χ0) is 4.24. The molecule has 0 spiro atoms. The van der Waals surface area contributed by atoms with Crippen LogP contribution in [0, 0.1) is 0 Å². The summed E-state index contributed by atoms with van der Waals surface area (Å²) < 4.78 is 5.01. The maximum atomic E-state index is 5.01. The average molecular weight is 277 g/mol. The van der Waals surface area contributed by atoms with E-state index < -0.39 is 0 Å². The minimum absolute atomic E-state index is 0. The van der Waals surface area contributed by atoms with Crippen molar-refractivity contribution in [3.63, 3.8) is 0 Å². The van der Waals surface area contributed by atoms with E-state index in [1.54, 1.807) is 0 Å². The van der Waals surface area contributed by atoms with Crippen molar-refractivity contribution in [2.45, 2.75) is 0 Å². The van der Waals surface area contributed by atoms with E-state index in [1.165, 1.54) is 0 Å². The van der Waals surface area contributed by atoms with E-state index in [0.717, 1.165) is 26.3 Å². The van der Waals surface area contributed by atoms with E-state index in [1.807, 2.05) is 0 Å². The normalized spacial score (nSPS) is 20.6. The van der Waals surface area contributed by atoms with E-state index in [0.29, 0.717) is 0 Å². The van der Waals surface area contributed by atoms with Crippen LogP contribution >= 0.6 is 0 Å². The molecule has 1 heterocycles. The summed E-state index contributed by atoms with van der Waals surface area (Å²) in [6, 6.07) is 0. The number of ether oxygens (including phenoxy) is 1. The van der Waals surface area contributed by atoms with Gasteiger partial charge in [-0.05, 0) is 0 Å². The van der Waals surface area contributed by atoms with Gasteiger partial charge in [0.15, 0.2) is 0 Å². The van der Waals surface area contributed by atoms with Crippen molar-refractivity contribution >= 4 is 0 Å². The van der Waals surface area contributed by atoms with Gasteiger partial charge in [0, 0.05) is 32.9 Å². The van der Waals surface area contributed by atoms with Gasteiger partial charge in [0.1, 0.15) is 0 Å². The maximum Gasteiger partial charge on any atom is 0.0591 e. The van der Waals surface area contributed by atoms with Crippen molar-refractivity contribution in [2.24, 2.45) is 0 Å². The van der Waals surface area contributed by atoms with Gasteiger partial charge in [-0.3, -0.25) is 0 Å². The topological polar surface area (TPSA) is 21.3 Å². The van der Waals surface area contributed by atoms with Crippen LogP contribution in [0.2, 0.25) is 0 Å². The van der Waals surface area contributed by atoms with Gasteiger partial charge < -0.3 is 10.1 Å². The minimum atomic E-state index is 0. The molecule has 1 rings (SSSR count). The Kier molecular flexibility index (Phi) is 5.08. The first kappa shape index (κ1) is 7.56. The fourth-order valence-electron chi connectivity index (χ4n) is 0.516. The van der Waals surface area contributed by atoms with E-state index >= 15 is 0 Å². The molecule has 0 bridgehead atoms. The third-order valence-electron chi connectivity index (χ3n) is 0.846. The van der Waals surface area contributed by atoms with Crippen LogP contribution in [-0.4, -0.2) is 26.3 Å². The smallest absolute Gasteiger partial charge is 0.0591 e. The van der Waals surface area contributed by atoms with Crippen molar-refractivity contribution in [3.8, 4) is 0 Å². The molecule has 3 heteroatoms. The molecule has 0 aromatic carbocycles. The molecule has 1 saturated heterocycles. The number of morpholine rings is 1. The standard InChI is InChI=1S/C4H9NO.Os/c1-3-6-4-2-5-1;/h5H,1-4H2;. The second-order valence-corrected chi connectivity index (χ2v) is 1.36. The summed E-state index contributed by atoms with van der Waals surface area (Å²) in [6.45, 7) is 3.83. The Bertz CT molecular complexity index is 27.2. The molecule has 2 nitrogen and oxygen atoms in total. The van der Waals surface area contributed by atoms with Crippen molar-refractivity contribution in [3.05, 3.63) is 0 Å². The van der Waals surface area contributed by atoms with Crippen LogP contribution < -0.4 is 5.32 Å². The molecule has 7 heavy (non-hydrogen) atoms. The Hall–Kier alpha value is 0.556. The largest absolute Gasteiger partial charge is 0.379 e. The summed E-state index contributed by atoms with van der Waals surface area (Å²) in [5, 5.41) is 3.16. The van der Waals surface area contributed by atoms with Crippen LogP contribution in [0.1, 0.15) is 0 Å². The molecule has 1 fully saturated rings. The monoisotopic (exact) mass is 279 g/mol. The molecule has 1 aliphatic rings. The van der Waals surface area contributed by atoms with Crippen LogP contribution in [-0.2, 0) is 24.5 Å². The first-order chi connectivity index (χ1) is 3.00. The second-order valence-electron chi connectivity index (χ2n) is 1.36. The van der Waals surface area contributed by atoms with Gasteiger partial charge in [0.25, 0.3) is 0 Å². The molecule has 0 aromatic rings.